The maximum atomic E-state index is 8.35. The largest absolute Gasteiger partial charge is 2.00 e. The zero-order valence-electron chi connectivity index (χ0n) is 3.23. The van der Waals surface area contributed by atoms with Gasteiger partial charge >= 0.3 is 27.3 Å². The summed E-state index contributed by atoms with van der Waals surface area (Å²) in [6, 6.07) is 0. The molecule has 0 aromatic rings. The summed E-state index contributed by atoms with van der Waals surface area (Å²) < 4.78 is 16.7. The second-order valence-electron chi connectivity index (χ2n) is 0.149. The summed E-state index contributed by atoms with van der Waals surface area (Å²) in [4.78, 5) is 16.7. The molecule has 0 rings (SSSR count). The van der Waals surface area contributed by atoms with E-state index in [0.717, 1.165) is 0 Å². The number of hydrogen-bond donors (Lipinski definition) is 0. The van der Waals surface area contributed by atoms with Crippen molar-refractivity contribution in [3.63, 3.8) is 0 Å². The van der Waals surface area contributed by atoms with E-state index in [9.17, 15) is 0 Å². The van der Waals surface area contributed by atoms with Crippen LogP contribution >= 0.6 is 17.4 Å². The van der Waals surface area contributed by atoms with Gasteiger partial charge in [0.2, 0.25) is 0 Å². The topological polar surface area (TPSA) is 80.3 Å². The van der Waals surface area contributed by atoms with Crippen LogP contribution in [0.3, 0.4) is 0 Å². The summed E-state index contributed by atoms with van der Waals surface area (Å²) in [5.74, 6) is 0. The molecule has 0 amide bonds. The van der Waals surface area contributed by atoms with Gasteiger partial charge in [-0.25, -0.2) is 0 Å². The van der Waals surface area contributed by atoms with Crippen molar-refractivity contribution in [3.05, 3.63) is 0 Å². The van der Waals surface area contributed by atoms with Crippen molar-refractivity contribution in [2.45, 2.75) is 0 Å². The van der Waals surface area contributed by atoms with Crippen molar-refractivity contribution in [1.29, 1.82) is 0 Å². The van der Waals surface area contributed by atoms with E-state index >= 15 is 0 Å². The first-order valence-corrected chi connectivity index (χ1v) is 2.19. The van der Waals surface area contributed by atoms with Gasteiger partial charge < -0.3 is 9.79 Å². The molecule has 0 aromatic heterocycles. The summed E-state index contributed by atoms with van der Waals surface area (Å²) >= 11 is 0. The Labute approximate surface area is 63.7 Å². The van der Waals surface area contributed by atoms with Gasteiger partial charge in [0.25, 0.3) is 0 Å². The summed E-state index contributed by atoms with van der Waals surface area (Å²) in [6.45, 7) is 0. The van der Waals surface area contributed by atoms with Gasteiger partial charge in [0.05, 0.1) is 17.4 Å². The predicted octanol–water partition coefficient (Wildman–Crippen LogP) is -0.896. The van der Waals surface area contributed by atoms with E-state index in [2.05, 4.69) is 0 Å². The SMILES string of the molecule is O=P[O-].O=P[O-].[Cd+2]. The number of hydrogen-bond acceptors (Lipinski definition) is 4. The molecule has 0 fully saturated rings. The standard InChI is InChI=1S/Cd.2HO2P/c;2*1-3-2/h;2*(H,1,2)/q+2;;/p-2. The Morgan fingerprint density at radius 1 is 1.00 bits per heavy atom. The van der Waals surface area contributed by atoms with E-state index < -0.39 is 17.4 Å². The summed E-state index contributed by atoms with van der Waals surface area (Å²) in [5.41, 5.74) is 0. The van der Waals surface area contributed by atoms with Gasteiger partial charge in [0.1, 0.15) is 0 Å². The smallest absolute Gasteiger partial charge is 0.772 e. The third kappa shape index (κ3) is 165. The first-order valence-electron chi connectivity index (χ1n) is 0.730. The van der Waals surface area contributed by atoms with Gasteiger partial charge in [0, 0.05) is 0 Å². The summed E-state index contributed by atoms with van der Waals surface area (Å²) in [7, 11) is -2.17. The molecule has 0 heterocycles. The fourth-order valence-electron chi connectivity index (χ4n) is 0. The van der Waals surface area contributed by atoms with Crippen molar-refractivity contribution < 1.29 is 46.2 Å². The fraction of sp³-hybridized carbons (Fsp3) is 0. The molecule has 0 N–H and O–H groups in total. The van der Waals surface area contributed by atoms with Crippen LogP contribution in [0.15, 0.2) is 0 Å². The zero-order valence-corrected chi connectivity index (χ0v) is 9.06. The molecule has 7 heteroatoms. The summed E-state index contributed by atoms with van der Waals surface area (Å²) in [6.07, 6.45) is 0. The van der Waals surface area contributed by atoms with Crippen LogP contribution < -0.4 is 9.79 Å². The third-order valence-corrected chi connectivity index (χ3v) is 0. The van der Waals surface area contributed by atoms with Gasteiger partial charge in [-0.15, -0.1) is 0 Å². The maximum Gasteiger partial charge on any atom is 2.00 e. The van der Waals surface area contributed by atoms with Crippen molar-refractivity contribution in [2.75, 3.05) is 0 Å². The van der Waals surface area contributed by atoms with Crippen LogP contribution in [0.25, 0.3) is 0 Å². The van der Waals surface area contributed by atoms with Crippen molar-refractivity contribution in [1.82, 2.24) is 0 Å². The Kier molecular flexibility index (Phi) is 62.3. The predicted molar refractivity (Wildman–Crippen MR) is 15.2 cm³/mol. The van der Waals surface area contributed by atoms with Crippen LogP contribution in [-0.2, 0) is 36.4 Å². The van der Waals surface area contributed by atoms with Crippen LogP contribution in [-0.4, -0.2) is 0 Å². The average molecular weight is 238 g/mol. The molecule has 0 bridgehead atoms. The van der Waals surface area contributed by atoms with Crippen molar-refractivity contribution >= 4 is 17.4 Å². The molecule has 36 valence electrons. The van der Waals surface area contributed by atoms with Crippen molar-refractivity contribution in [3.8, 4) is 0 Å². The van der Waals surface area contributed by atoms with Crippen LogP contribution in [0.2, 0.25) is 0 Å². The number of rotatable bonds is 0. The van der Waals surface area contributed by atoms with Gasteiger partial charge in [-0.05, 0) is 0 Å². The average Bonchev–Trinajstić information content (AvgIpc) is 1.39. The normalized spacial score (nSPS) is 6.00. The molecule has 0 aliphatic rings. The molecule has 0 saturated heterocycles. The Morgan fingerprint density at radius 2 is 1.00 bits per heavy atom. The van der Waals surface area contributed by atoms with Crippen LogP contribution in [0.4, 0.5) is 0 Å². The molecular formula is CdO4P2. The van der Waals surface area contributed by atoms with E-state index in [4.69, 9.17) is 18.9 Å². The quantitative estimate of drug-likeness (QED) is 0.405. The van der Waals surface area contributed by atoms with Gasteiger partial charge in [-0.1, -0.05) is 0 Å². The minimum Gasteiger partial charge on any atom is -0.772 e. The molecule has 7 heavy (non-hydrogen) atoms. The molecule has 4 nitrogen and oxygen atoms in total. The van der Waals surface area contributed by atoms with Crippen LogP contribution in [0, 0.1) is 0 Å². The van der Waals surface area contributed by atoms with E-state index in [1.165, 1.54) is 0 Å². The monoisotopic (exact) mass is 240 g/mol. The molecule has 0 unspecified atom stereocenters. The first kappa shape index (κ1) is 15.7. The van der Waals surface area contributed by atoms with Gasteiger partial charge in [-0.2, -0.15) is 0 Å². The Balaban J connectivity index is -0.0000000400. The van der Waals surface area contributed by atoms with E-state index in [0.29, 0.717) is 0 Å². The molecule has 0 aromatic carbocycles. The molecule has 0 aliphatic heterocycles. The second kappa shape index (κ2) is 27.8. The molecule has 0 saturated carbocycles. The summed E-state index contributed by atoms with van der Waals surface area (Å²) in [5, 5.41) is 0. The molecule has 0 atom stereocenters. The van der Waals surface area contributed by atoms with E-state index in [1.54, 1.807) is 0 Å². The minimum absolute atomic E-state index is 0. The molecule has 0 spiro atoms. The second-order valence-corrected chi connectivity index (χ2v) is 0.447. The minimum atomic E-state index is -1.08. The van der Waals surface area contributed by atoms with E-state index in [1.807, 2.05) is 0 Å². The molecular weight excluding hydrogens is 238 g/mol. The van der Waals surface area contributed by atoms with Crippen molar-refractivity contribution in [2.24, 2.45) is 0 Å². The van der Waals surface area contributed by atoms with Crippen LogP contribution in [0.5, 0.6) is 0 Å². The molecule has 0 radical (unpaired) electrons. The Bertz CT molecular complexity index is 30.7. The molecule has 0 aliphatic carbocycles. The van der Waals surface area contributed by atoms with Gasteiger partial charge in [0.15, 0.2) is 0 Å². The third-order valence-electron chi connectivity index (χ3n) is 0. The van der Waals surface area contributed by atoms with Gasteiger partial charge in [-0.3, -0.25) is 9.13 Å². The Morgan fingerprint density at radius 3 is 1.00 bits per heavy atom. The Hall–Kier alpha value is 1.04. The maximum absolute atomic E-state index is 8.35. The van der Waals surface area contributed by atoms with Crippen LogP contribution in [0.1, 0.15) is 0 Å². The zero-order chi connectivity index (χ0) is 5.41. The first-order chi connectivity index (χ1) is 2.83. The fourth-order valence-corrected chi connectivity index (χ4v) is 0. The van der Waals surface area contributed by atoms with E-state index in [-0.39, 0.29) is 27.3 Å².